The lowest BCUT2D eigenvalue weighted by Crippen LogP contribution is -2.28. The van der Waals surface area contributed by atoms with Gasteiger partial charge < -0.3 is 10.6 Å². The molecular weight excluding hydrogens is 430 g/mol. The zero-order chi connectivity index (χ0) is 22.4. The third kappa shape index (κ3) is 6.32. The lowest BCUT2D eigenvalue weighted by molar-refractivity contribution is -0.119. The molecule has 1 unspecified atom stereocenters. The van der Waals surface area contributed by atoms with E-state index in [4.69, 9.17) is 11.6 Å². The van der Waals surface area contributed by atoms with E-state index in [-0.39, 0.29) is 23.6 Å². The average Bonchev–Trinajstić information content (AvgIpc) is 2.72. The van der Waals surface area contributed by atoms with Gasteiger partial charge in [0.25, 0.3) is 5.91 Å². The molecule has 3 aromatic rings. The molecule has 160 valence electrons. The molecule has 2 N–H and O–H groups in total. The minimum absolute atomic E-state index is 0.105. The topological polar surface area (TPSA) is 71.1 Å². The van der Waals surface area contributed by atoms with Crippen LogP contribution >= 0.6 is 23.4 Å². The van der Waals surface area contributed by atoms with Crippen LogP contribution < -0.4 is 10.6 Å². The normalized spacial score (nSPS) is 11.6. The number of aryl methyl sites for hydroxylation is 2. The van der Waals surface area contributed by atoms with E-state index in [0.29, 0.717) is 21.3 Å². The van der Waals surface area contributed by atoms with Gasteiger partial charge in [0.2, 0.25) is 5.91 Å². The van der Waals surface area contributed by atoms with Crippen molar-refractivity contribution in [2.45, 2.75) is 31.8 Å². The van der Waals surface area contributed by atoms with E-state index in [9.17, 15) is 9.59 Å². The van der Waals surface area contributed by atoms with E-state index in [1.54, 1.807) is 24.3 Å². The Bertz CT molecular complexity index is 1090. The summed E-state index contributed by atoms with van der Waals surface area (Å²) in [5.41, 5.74) is 3.68. The van der Waals surface area contributed by atoms with Crippen molar-refractivity contribution in [3.05, 3.63) is 88.1 Å². The van der Waals surface area contributed by atoms with Gasteiger partial charge in [-0.1, -0.05) is 59.8 Å². The second-order valence-electron chi connectivity index (χ2n) is 7.21. The van der Waals surface area contributed by atoms with E-state index >= 15 is 0 Å². The van der Waals surface area contributed by atoms with Crippen LogP contribution in [0.1, 0.15) is 40.1 Å². The molecule has 1 aromatic heterocycles. The SMILES string of the molecule is Cc1cc(C)c(C(=O)Nc2cccc(Cl)c2)c(SCC(=O)NC(C)c2ccccc2)n1. The van der Waals surface area contributed by atoms with Crippen molar-refractivity contribution in [1.82, 2.24) is 10.3 Å². The van der Waals surface area contributed by atoms with Gasteiger partial charge in [0.15, 0.2) is 0 Å². The largest absolute Gasteiger partial charge is 0.349 e. The van der Waals surface area contributed by atoms with Gasteiger partial charge in [0.1, 0.15) is 5.03 Å². The predicted octanol–water partition coefficient (Wildman–Crippen LogP) is 5.57. The summed E-state index contributed by atoms with van der Waals surface area (Å²) in [5, 5.41) is 6.92. The van der Waals surface area contributed by atoms with Gasteiger partial charge in [0.05, 0.1) is 17.4 Å². The lowest BCUT2D eigenvalue weighted by Gasteiger charge is -2.15. The van der Waals surface area contributed by atoms with Crippen LogP contribution in [0.25, 0.3) is 0 Å². The fraction of sp³-hybridized carbons (Fsp3) is 0.208. The first-order chi connectivity index (χ1) is 14.8. The van der Waals surface area contributed by atoms with Crippen LogP contribution in [0.4, 0.5) is 5.69 Å². The highest BCUT2D eigenvalue weighted by atomic mass is 35.5. The highest BCUT2D eigenvalue weighted by Crippen LogP contribution is 2.26. The summed E-state index contributed by atoms with van der Waals surface area (Å²) in [6, 6.07) is 18.5. The monoisotopic (exact) mass is 453 g/mol. The summed E-state index contributed by atoms with van der Waals surface area (Å²) in [6.07, 6.45) is 0. The number of amides is 2. The molecule has 1 atom stereocenters. The molecule has 0 aliphatic carbocycles. The summed E-state index contributed by atoms with van der Waals surface area (Å²) in [6.45, 7) is 5.67. The van der Waals surface area contributed by atoms with Gasteiger partial charge in [0, 0.05) is 16.4 Å². The molecule has 0 aliphatic rings. The third-order valence-corrected chi connectivity index (χ3v) is 5.85. The quantitative estimate of drug-likeness (QED) is 0.458. The molecule has 0 fully saturated rings. The van der Waals surface area contributed by atoms with E-state index in [2.05, 4.69) is 15.6 Å². The Hall–Kier alpha value is -2.83. The first-order valence-corrected chi connectivity index (χ1v) is 11.2. The number of pyridine rings is 1. The highest BCUT2D eigenvalue weighted by molar-refractivity contribution is 8.00. The van der Waals surface area contributed by atoms with Gasteiger partial charge in [-0.3, -0.25) is 9.59 Å². The Balaban J connectivity index is 1.72. The number of nitrogens with one attached hydrogen (secondary N) is 2. The minimum Gasteiger partial charge on any atom is -0.349 e. The number of halogens is 1. The van der Waals surface area contributed by atoms with Crippen LogP contribution in [0.5, 0.6) is 0 Å². The van der Waals surface area contributed by atoms with Crippen LogP contribution in [0.2, 0.25) is 5.02 Å². The molecule has 0 saturated carbocycles. The number of rotatable bonds is 7. The summed E-state index contributed by atoms with van der Waals surface area (Å²) < 4.78 is 0. The molecule has 7 heteroatoms. The maximum atomic E-state index is 13.0. The zero-order valence-electron chi connectivity index (χ0n) is 17.6. The first kappa shape index (κ1) is 22.8. The number of thioether (sulfide) groups is 1. The van der Waals surface area contributed by atoms with Crippen molar-refractivity contribution in [3.63, 3.8) is 0 Å². The van der Waals surface area contributed by atoms with Crippen molar-refractivity contribution < 1.29 is 9.59 Å². The van der Waals surface area contributed by atoms with Gasteiger partial charge >= 0.3 is 0 Å². The van der Waals surface area contributed by atoms with E-state index in [1.165, 1.54) is 11.8 Å². The highest BCUT2D eigenvalue weighted by Gasteiger charge is 2.19. The Labute approximate surface area is 191 Å². The van der Waals surface area contributed by atoms with E-state index in [0.717, 1.165) is 16.8 Å². The molecule has 0 aliphatic heterocycles. The molecule has 2 amide bonds. The molecule has 0 saturated heterocycles. The van der Waals surface area contributed by atoms with Crippen LogP contribution in [0.3, 0.4) is 0 Å². The number of carbonyl (C=O) groups is 2. The minimum atomic E-state index is -0.284. The van der Waals surface area contributed by atoms with Gasteiger partial charge in [-0.25, -0.2) is 4.98 Å². The zero-order valence-corrected chi connectivity index (χ0v) is 19.2. The number of benzene rings is 2. The molecule has 31 heavy (non-hydrogen) atoms. The van der Waals surface area contributed by atoms with E-state index in [1.807, 2.05) is 57.2 Å². The molecule has 2 aromatic carbocycles. The van der Waals surface area contributed by atoms with Crippen LogP contribution in [-0.4, -0.2) is 22.6 Å². The molecule has 0 radical (unpaired) electrons. The molecule has 0 spiro atoms. The maximum Gasteiger partial charge on any atom is 0.258 e. The van der Waals surface area contributed by atoms with Crippen LogP contribution in [0, 0.1) is 13.8 Å². The van der Waals surface area contributed by atoms with Crippen LogP contribution in [-0.2, 0) is 4.79 Å². The lowest BCUT2D eigenvalue weighted by atomic mass is 10.1. The maximum absolute atomic E-state index is 13.0. The average molecular weight is 454 g/mol. The second-order valence-corrected chi connectivity index (χ2v) is 8.61. The van der Waals surface area contributed by atoms with Crippen molar-refractivity contribution >= 4 is 40.9 Å². The third-order valence-electron chi connectivity index (χ3n) is 4.64. The van der Waals surface area contributed by atoms with Crippen molar-refractivity contribution in [3.8, 4) is 0 Å². The van der Waals surface area contributed by atoms with Gasteiger partial charge in [-0.2, -0.15) is 0 Å². The smallest absolute Gasteiger partial charge is 0.258 e. The fourth-order valence-corrected chi connectivity index (χ4v) is 4.33. The standard InChI is InChI=1S/C24H24ClN3O2S/c1-15-12-16(2)26-24(22(15)23(30)28-20-11-7-10-19(25)13-20)31-14-21(29)27-17(3)18-8-5-4-6-9-18/h4-13,17H,14H2,1-3H3,(H,27,29)(H,28,30). The summed E-state index contributed by atoms with van der Waals surface area (Å²) >= 11 is 7.27. The Kier molecular flexibility index (Phi) is 7.71. The number of nitrogens with zero attached hydrogens (tertiary/aromatic N) is 1. The fourth-order valence-electron chi connectivity index (χ4n) is 3.19. The number of carbonyl (C=O) groups excluding carboxylic acids is 2. The predicted molar refractivity (Wildman–Crippen MR) is 127 cm³/mol. The van der Waals surface area contributed by atoms with Gasteiger partial charge in [-0.15, -0.1) is 0 Å². The molecule has 0 bridgehead atoms. The summed E-state index contributed by atoms with van der Waals surface area (Å²) in [7, 11) is 0. The molecular formula is C24H24ClN3O2S. The van der Waals surface area contributed by atoms with Crippen molar-refractivity contribution in [2.24, 2.45) is 0 Å². The molecule has 1 heterocycles. The van der Waals surface area contributed by atoms with Crippen molar-refractivity contribution in [1.29, 1.82) is 0 Å². The Morgan fingerprint density at radius 1 is 1.06 bits per heavy atom. The summed E-state index contributed by atoms with van der Waals surface area (Å²) in [4.78, 5) is 30.0. The van der Waals surface area contributed by atoms with Crippen molar-refractivity contribution in [2.75, 3.05) is 11.1 Å². The van der Waals surface area contributed by atoms with Crippen LogP contribution in [0.15, 0.2) is 65.7 Å². The van der Waals surface area contributed by atoms with Gasteiger partial charge in [-0.05, 0) is 56.2 Å². The Morgan fingerprint density at radius 2 is 1.81 bits per heavy atom. The number of anilines is 1. The number of aromatic nitrogens is 1. The molecule has 5 nitrogen and oxygen atoms in total. The van der Waals surface area contributed by atoms with E-state index < -0.39 is 0 Å². The second kappa shape index (κ2) is 10.5. The Morgan fingerprint density at radius 3 is 2.52 bits per heavy atom. The number of hydrogen-bond donors (Lipinski definition) is 2. The summed E-state index contributed by atoms with van der Waals surface area (Å²) in [5.74, 6) is -0.249. The number of hydrogen-bond acceptors (Lipinski definition) is 4. The first-order valence-electron chi connectivity index (χ1n) is 9.85. The molecule has 3 rings (SSSR count).